The van der Waals surface area contributed by atoms with Crippen LogP contribution in [-0.4, -0.2) is 55.7 Å². The van der Waals surface area contributed by atoms with Gasteiger partial charge in [-0.05, 0) is 50.0 Å². The minimum absolute atomic E-state index is 0.0533. The van der Waals surface area contributed by atoms with Crippen molar-refractivity contribution in [3.63, 3.8) is 0 Å². The third kappa shape index (κ3) is 6.42. The summed E-state index contributed by atoms with van der Waals surface area (Å²) in [5.41, 5.74) is 1.62. The molecule has 0 saturated carbocycles. The zero-order valence-corrected chi connectivity index (χ0v) is 23.6. The van der Waals surface area contributed by atoms with Crippen molar-refractivity contribution in [1.82, 2.24) is 4.90 Å². The predicted molar refractivity (Wildman–Crippen MR) is 144 cm³/mol. The molecule has 2 aromatic rings. The van der Waals surface area contributed by atoms with Gasteiger partial charge >= 0.3 is 5.97 Å². The zero-order chi connectivity index (χ0) is 26.0. The Morgan fingerprint density at radius 1 is 0.971 bits per heavy atom. The molecule has 1 N–H and O–H groups in total. The Morgan fingerprint density at radius 3 is 1.89 bits per heavy atom. The van der Waals surface area contributed by atoms with Crippen LogP contribution in [0, 0.1) is 5.41 Å². The van der Waals surface area contributed by atoms with Gasteiger partial charge in [-0.3, -0.25) is 9.69 Å². The minimum Gasteiger partial charge on any atom is -0.458 e. The highest BCUT2D eigenvalue weighted by molar-refractivity contribution is 6.74. The van der Waals surface area contributed by atoms with Gasteiger partial charge in [0.05, 0.1) is 24.1 Å². The lowest BCUT2D eigenvalue weighted by Crippen LogP contribution is -2.48. The fraction of sp³-hybridized carbons (Fsp3) is 0.552. The molecule has 1 fully saturated rings. The second kappa shape index (κ2) is 10.6. The fourth-order valence-electron chi connectivity index (χ4n) is 4.16. The van der Waals surface area contributed by atoms with Gasteiger partial charge in [0, 0.05) is 6.54 Å². The summed E-state index contributed by atoms with van der Waals surface area (Å²) in [4.78, 5) is 15.0. The van der Waals surface area contributed by atoms with E-state index < -0.39 is 25.9 Å². The highest BCUT2D eigenvalue weighted by Crippen LogP contribution is 2.40. The van der Waals surface area contributed by atoms with Crippen molar-refractivity contribution in [1.29, 1.82) is 0 Å². The number of likely N-dealkylation sites (tertiary alicyclic amines) is 1. The smallest absolute Gasteiger partial charge is 0.311 e. The second-order valence-electron chi connectivity index (χ2n) is 12.2. The van der Waals surface area contributed by atoms with Crippen molar-refractivity contribution in [2.45, 2.75) is 84.0 Å². The van der Waals surface area contributed by atoms with Crippen molar-refractivity contribution in [3.05, 3.63) is 71.8 Å². The van der Waals surface area contributed by atoms with Crippen LogP contribution in [0.25, 0.3) is 0 Å². The van der Waals surface area contributed by atoms with Crippen LogP contribution in [0.2, 0.25) is 18.1 Å². The first-order chi connectivity index (χ1) is 16.2. The third-order valence-corrected chi connectivity index (χ3v) is 11.9. The first-order valence-corrected chi connectivity index (χ1v) is 15.5. The van der Waals surface area contributed by atoms with Crippen molar-refractivity contribution >= 4 is 14.3 Å². The summed E-state index contributed by atoms with van der Waals surface area (Å²) in [5.74, 6) is -0.302. The van der Waals surface area contributed by atoms with Gasteiger partial charge in [-0.25, -0.2) is 0 Å². The van der Waals surface area contributed by atoms with Crippen LogP contribution in [0.5, 0.6) is 0 Å². The van der Waals surface area contributed by atoms with Gasteiger partial charge in [-0.15, -0.1) is 0 Å². The molecule has 0 aromatic heterocycles. The van der Waals surface area contributed by atoms with Crippen molar-refractivity contribution in [3.8, 4) is 0 Å². The van der Waals surface area contributed by atoms with Gasteiger partial charge in [0.2, 0.25) is 0 Å². The number of esters is 1. The van der Waals surface area contributed by atoms with Crippen LogP contribution in [0.3, 0.4) is 0 Å². The lowest BCUT2D eigenvalue weighted by atomic mass is 9.96. The molecule has 0 aliphatic carbocycles. The largest absolute Gasteiger partial charge is 0.458 e. The van der Waals surface area contributed by atoms with Crippen molar-refractivity contribution in [2.24, 2.45) is 5.41 Å². The first-order valence-electron chi connectivity index (χ1n) is 12.6. The summed E-state index contributed by atoms with van der Waals surface area (Å²) in [6, 6.07) is 20.2. The number of nitrogens with zero attached hydrogens (tertiary/aromatic N) is 1. The van der Waals surface area contributed by atoms with Gasteiger partial charge in [-0.1, -0.05) is 81.4 Å². The van der Waals surface area contributed by atoms with Gasteiger partial charge in [0.15, 0.2) is 8.32 Å². The Kier molecular flexibility index (Phi) is 8.32. The van der Waals surface area contributed by atoms with Gasteiger partial charge in [0.1, 0.15) is 12.2 Å². The Labute approximate surface area is 212 Å². The molecule has 192 valence electrons. The molecule has 1 aliphatic heterocycles. The molecule has 0 amide bonds. The Morgan fingerprint density at radius 2 is 1.46 bits per heavy atom. The van der Waals surface area contributed by atoms with E-state index in [1.807, 2.05) is 57.2 Å². The Hall–Kier alpha value is -1.99. The van der Waals surface area contributed by atoms with E-state index in [0.29, 0.717) is 13.2 Å². The molecule has 1 heterocycles. The number of carbonyl (C=O) groups excluding carboxylic acids is 1. The maximum Gasteiger partial charge on any atom is 0.311 e. The molecule has 35 heavy (non-hydrogen) atoms. The first kappa shape index (κ1) is 27.6. The molecule has 0 unspecified atom stereocenters. The van der Waals surface area contributed by atoms with E-state index >= 15 is 0 Å². The van der Waals surface area contributed by atoms with Crippen LogP contribution >= 0.6 is 0 Å². The molecule has 3 atom stereocenters. The summed E-state index contributed by atoms with van der Waals surface area (Å²) in [6.45, 7) is 17.4. The maximum atomic E-state index is 12.8. The Balaban J connectivity index is 2.00. The summed E-state index contributed by atoms with van der Waals surface area (Å²) in [7, 11) is -2.05. The lowest BCUT2D eigenvalue weighted by molar-refractivity contribution is -0.162. The minimum atomic E-state index is -2.05. The number of rotatable bonds is 7. The van der Waals surface area contributed by atoms with Crippen molar-refractivity contribution < 1.29 is 19.1 Å². The van der Waals surface area contributed by atoms with E-state index in [0.717, 1.165) is 11.1 Å². The standard InChI is InChI=1S/C29H43NO4Si/c1-28(2,3)27(32)34-24-19-30(23(26(24)31)20-33-35(7,8)29(4,5)6)25(21-15-11-9-12-16-21)22-17-13-10-14-18-22/h9-18,23-26,31H,19-20H2,1-8H3/t23-,24+,26-/m1/s1. The van der Waals surface area contributed by atoms with Gasteiger partial charge < -0.3 is 14.3 Å². The summed E-state index contributed by atoms with van der Waals surface area (Å²) >= 11 is 0. The second-order valence-corrected chi connectivity index (χ2v) is 17.1. The monoisotopic (exact) mass is 497 g/mol. The Bertz CT molecular complexity index is 926. The number of benzene rings is 2. The third-order valence-electron chi connectivity index (χ3n) is 7.45. The van der Waals surface area contributed by atoms with E-state index in [9.17, 15) is 9.90 Å². The van der Waals surface area contributed by atoms with Gasteiger partial charge in [0.25, 0.3) is 0 Å². The van der Waals surface area contributed by atoms with E-state index in [4.69, 9.17) is 9.16 Å². The quantitative estimate of drug-likeness (QED) is 0.387. The van der Waals surface area contributed by atoms with Crippen molar-refractivity contribution in [2.75, 3.05) is 13.2 Å². The van der Waals surface area contributed by atoms with Crippen LogP contribution in [0.15, 0.2) is 60.7 Å². The SMILES string of the molecule is CC(C)(C)C(=O)O[C@H]1CN(C(c2ccccc2)c2ccccc2)[C@H](CO[Si](C)(C)C(C)(C)C)[C@H]1O. The molecule has 6 heteroatoms. The van der Waals surface area contributed by atoms with Crippen LogP contribution in [0.1, 0.15) is 58.7 Å². The topological polar surface area (TPSA) is 59.0 Å². The molecule has 0 bridgehead atoms. The maximum absolute atomic E-state index is 12.8. The number of carbonyl (C=O) groups is 1. The molecule has 1 saturated heterocycles. The average Bonchev–Trinajstić information content (AvgIpc) is 3.07. The van der Waals surface area contributed by atoms with Crippen LogP contribution in [0.4, 0.5) is 0 Å². The molecule has 2 aromatic carbocycles. The molecular weight excluding hydrogens is 454 g/mol. The predicted octanol–water partition coefficient (Wildman–Crippen LogP) is 5.80. The molecule has 5 nitrogen and oxygen atoms in total. The zero-order valence-electron chi connectivity index (χ0n) is 22.6. The van der Waals surface area contributed by atoms with Crippen LogP contribution < -0.4 is 0 Å². The number of hydrogen-bond donors (Lipinski definition) is 1. The molecule has 3 rings (SSSR count). The number of ether oxygens (including phenoxy) is 1. The number of aliphatic hydroxyl groups excluding tert-OH is 1. The molecular formula is C29H43NO4Si. The lowest BCUT2D eigenvalue weighted by Gasteiger charge is -2.40. The normalized spacial score (nSPS) is 21.9. The van der Waals surface area contributed by atoms with E-state index in [1.165, 1.54) is 0 Å². The summed E-state index contributed by atoms with van der Waals surface area (Å²) < 4.78 is 12.5. The van der Waals surface area contributed by atoms with E-state index in [2.05, 4.69) is 63.0 Å². The average molecular weight is 498 g/mol. The highest BCUT2D eigenvalue weighted by Gasteiger charge is 2.48. The number of aliphatic hydroxyl groups is 1. The fourth-order valence-corrected chi connectivity index (χ4v) is 5.18. The summed E-state index contributed by atoms with van der Waals surface area (Å²) in [5, 5.41) is 11.5. The molecule has 0 spiro atoms. The van der Waals surface area contributed by atoms with E-state index in [-0.39, 0.29) is 23.1 Å². The number of hydrogen-bond acceptors (Lipinski definition) is 5. The molecule has 0 radical (unpaired) electrons. The van der Waals surface area contributed by atoms with E-state index in [1.54, 1.807) is 0 Å². The van der Waals surface area contributed by atoms with Gasteiger partial charge in [-0.2, -0.15) is 0 Å². The van der Waals surface area contributed by atoms with Crippen LogP contribution in [-0.2, 0) is 14.0 Å². The molecule has 1 aliphatic rings. The summed E-state index contributed by atoms with van der Waals surface area (Å²) in [6.07, 6.45) is -1.47. The highest BCUT2D eigenvalue weighted by atomic mass is 28.4.